The molecule has 2 N–H and O–H groups in total. The molecule has 115 valence electrons. The van der Waals surface area contributed by atoms with Gasteiger partial charge in [0.1, 0.15) is 0 Å². The molecule has 2 amide bonds. The summed E-state index contributed by atoms with van der Waals surface area (Å²) in [6, 6.07) is 9.56. The van der Waals surface area contributed by atoms with Crippen LogP contribution in [0.5, 0.6) is 0 Å². The molecular formula is C17H21N4O. The number of nitrogens with one attached hydrogen (secondary N) is 2. The minimum atomic E-state index is -0.168. The Kier molecular flexibility index (Phi) is 4.53. The van der Waals surface area contributed by atoms with Gasteiger partial charge in [0, 0.05) is 30.7 Å². The number of carbonyl (C=O) groups is 1. The minimum absolute atomic E-state index is 0.168. The van der Waals surface area contributed by atoms with Crippen LogP contribution < -0.4 is 10.6 Å². The van der Waals surface area contributed by atoms with Crippen molar-refractivity contribution >= 4 is 22.6 Å². The lowest BCUT2D eigenvalue weighted by atomic mass is 10.1. The van der Waals surface area contributed by atoms with E-state index in [4.69, 9.17) is 0 Å². The summed E-state index contributed by atoms with van der Waals surface area (Å²) in [5.74, 6) is 0. The molecule has 2 aromatic rings. The monoisotopic (exact) mass is 297 g/mol. The normalized spacial score (nSPS) is 15.1. The Balaban J connectivity index is 1.61. The number of rotatable bonds is 4. The first-order valence-corrected chi connectivity index (χ1v) is 7.67. The average molecular weight is 297 g/mol. The van der Waals surface area contributed by atoms with Crippen molar-refractivity contribution in [3.05, 3.63) is 42.4 Å². The Morgan fingerprint density at radius 3 is 3.05 bits per heavy atom. The van der Waals surface area contributed by atoms with Gasteiger partial charge in [-0.2, -0.15) is 0 Å². The quantitative estimate of drug-likeness (QED) is 0.912. The van der Waals surface area contributed by atoms with Gasteiger partial charge in [-0.1, -0.05) is 18.2 Å². The maximum atomic E-state index is 12.1. The third-order valence-corrected chi connectivity index (χ3v) is 3.84. The molecule has 0 saturated carbocycles. The molecule has 3 rings (SSSR count). The van der Waals surface area contributed by atoms with Crippen LogP contribution in [0.3, 0.4) is 0 Å². The second-order valence-electron chi connectivity index (χ2n) is 5.59. The predicted molar refractivity (Wildman–Crippen MR) is 88.9 cm³/mol. The van der Waals surface area contributed by atoms with Crippen molar-refractivity contribution in [1.82, 2.24) is 15.2 Å². The van der Waals surface area contributed by atoms with Gasteiger partial charge in [-0.3, -0.25) is 4.98 Å². The summed E-state index contributed by atoms with van der Waals surface area (Å²) >= 11 is 0. The summed E-state index contributed by atoms with van der Waals surface area (Å²) in [7, 11) is 0. The standard InChI is InChI=1S/C17H21N4O/c1-13-12-16(14-6-2-3-7-15(14)19-13)20-17(22)18-8-11-21-9-4-5-10-21/h2-4,6-7,12H,5,8-11H2,1H3,(H2,18,19,20,22). The average Bonchev–Trinajstić information content (AvgIpc) is 3.00. The Labute approximate surface area is 130 Å². The molecule has 0 unspecified atom stereocenters. The highest BCUT2D eigenvalue weighted by atomic mass is 16.2. The maximum absolute atomic E-state index is 12.1. The van der Waals surface area contributed by atoms with Crippen LogP contribution in [0.4, 0.5) is 10.5 Å². The number of fused-ring (bicyclic) bond motifs is 1. The second kappa shape index (κ2) is 6.75. The highest BCUT2D eigenvalue weighted by Gasteiger charge is 2.12. The largest absolute Gasteiger partial charge is 0.337 e. The van der Waals surface area contributed by atoms with Crippen LogP contribution in [-0.4, -0.2) is 42.1 Å². The first-order valence-electron chi connectivity index (χ1n) is 7.67. The van der Waals surface area contributed by atoms with Crippen molar-refractivity contribution in [3.8, 4) is 0 Å². The SMILES string of the molecule is Cc1cc(NC(=O)NCCN2C[CH]CC2)c2ccccc2n1. The molecule has 1 aliphatic heterocycles. The van der Waals surface area contributed by atoms with E-state index < -0.39 is 0 Å². The van der Waals surface area contributed by atoms with Gasteiger partial charge < -0.3 is 15.5 Å². The number of pyridine rings is 1. The molecule has 1 aromatic carbocycles. The van der Waals surface area contributed by atoms with Gasteiger partial charge in [0.25, 0.3) is 0 Å². The van der Waals surface area contributed by atoms with E-state index in [1.807, 2.05) is 37.3 Å². The fraction of sp³-hybridized carbons (Fsp3) is 0.353. The Morgan fingerprint density at radius 2 is 2.23 bits per heavy atom. The number of hydrogen-bond acceptors (Lipinski definition) is 3. The number of urea groups is 1. The van der Waals surface area contributed by atoms with Gasteiger partial charge in [-0.15, -0.1) is 0 Å². The molecule has 0 atom stereocenters. The fourth-order valence-electron chi connectivity index (χ4n) is 2.75. The van der Waals surface area contributed by atoms with Gasteiger partial charge in [-0.05, 0) is 38.4 Å². The number of aryl methyl sites for hydroxylation is 1. The van der Waals surface area contributed by atoms with Crippen LogP contribution in [0.25, 0.3) is 10.9 Å². The van der Waals surface area contributed by atoms with Crippen molar-refractivity contribution in [3.63, 3.8) is 0 Å². The Morgan fingerprint density at radius 1 is 1.36 bits per heavy atom. The van der Waals surface area contributed by atoms with Crippen molar-refractivity contribution in [2.24, 2.45) is 0 Å². The zero-order chi connectivity index (χ0) is 15.4. The van der Waals surface area contributed by atoms with Gasteiger partial charge in [-0.25, -0.2) is 4.79 Å². The van der Waals surface area contributed by atoms with E-state index in [2.05, 4.69) is 26.9 Å². The third-order valence-electron chi connectivity index (χ3n) is 3.84. The van der Waals surface area contributed by atoms with Crippen molar-refractivity contribution in [2.75, 3.05) is 31.5 Å². The predicted octanol–water partition coefficient (Wildman–Crippen LogP) is 2.57. The van der Waals surface area contributed by atoms with E-state index in [0.29, 0.717) is 6.54 Å². The summed E-state index contributed by atoms with van der Waals surface area (Å²) in [6.45, 7) is 5.59. The van der Waals surface area contributed by atoms with Crippen LogP contribution in [0.2, 0.25) is 0 Å². The highest BCUT2D eigenvalue weighted by Crippen LogP contribution is 2.22. The lowest BCUT2D eigenvalue weighted by Crippen LogP contribution is -2.36. The molecule has 1 radical (unpaired) electrons. The topological polar surface area (TPSA) is 57.3 Å². The van der Waals surface area contributed by atoms with E-state index in [1.165, 1.54) is 0 Å². The molecule has 1 saturated heterocycles. The molecule has 5 nitrogen and oxygen atoms in total. The molecule has 0 spiro atoms. The Bertz CT molecular complexity index is 665. The van der Waals surface area contributed by atoms with Crippen LogP contribution in [0.1, 0.15) is 12.1 Å². The molecule has 5 heteroatoms. The molecule has 22 heavy (non-hydrogen) atoms. The summed E-state index contributed by atoms with van der Waals surface area (Å²) in [4.78, 5) is 18.9. The molecular weight excluding hydrogens is 276 g/mol. The van der Waals surface area contributed by atoms with E-state index >= 15 is 0 Å². The molecule has 1 fully saturated rings. The van der Waals surface area contributed by atoms with Gasteiger partial charge in [0.15, 0.2) is 0 Å². The fourth-order valence-corrected chi connectivity index (χ4v) is 2.75. The van der Waals surface area contributed by atoms with E-state index in [9.17, 15) is 4.79 Å². The van der Waals surface area contributed by atoms with Crippen LogP contribution in [0.15, 0.2) is 30.3 Å². The summed E-state index contributed by atoms with van der Waals surface area (Å²) in [6.07, 6.45) is 3.42. The number of hydrogen-bond donors (Lipinski definition) is 2. The van der Waals surface area contributed by atoms with Crippen molar-refractivity contribution in [2.45, 2.75) is 13.3 Å². The first-order chi connectivity index (χ1) is 10.7. The molecule has 2 heterocycles. The smallest absolute Gasteiger partial charge is 0.319 e. The maximum Gasteiger partial charge on any atom is 0.319 e. The van der Waals surface area contributed by atoms with Crippen LogP contribution >= 0.6 is 0 Å². The van der Waals surface area contributed by atoms with Crippen LogP contribution in [0, 0.1) is 13.3 Å². The van der Waals surface area contributed by atoms with Crippen LogP contribution in [-0.2, 0) is 0 Å². The summed E-state index contributed by atoms with van der Waals surface area (Å²) < 4.78 is 0. The molecule has 0 bridgehead atoms. The highest BCUT2D eigenvalue weighted by molar-refractivity contribution is 6.00. The van der Waals surface area contributed by atoms with Gasteiger partial charge in [0.05, 0.1) is 11.2 Å². The minimum Gasteiger partial charge on any atom is -0.337 e. The first kappa shape index (κ1) is 14.8. The van der Waals surface area contributed by atoms with E-state index in [1.54, 1.807) is 0 Å². The number of aromatic nitrogens is 1. The zero-order valence-electron chi connectivity index (χ0n) is 12.8. The molecule has 0 aliphatic carbocycles. The number of amides is 2. The van der Waals surface area contributed by atoms with Crippen molar-refractivity contribution < 1.29 is 4.79 Å². The summed E-state index contributed by atoms with van der Waals surface area (Å²) in [5.41, 5.74) is 2.59. The van der Waals surface area contributed by atoms with E-state index in [0.717, 1.165) is 48.3 Å². The number of likely N-dealkylation sites (tertiary alicyclic amines) is 1. The number of carbonyl (C=O) groups excluding carboxylic acids is 1. The third kappa shape index (κ3) is 3.54. The number of para-hydroxylation sites is 1. The Hall–Kier alpha value is -2.14. The lowest BCUT2D eigenvalue weighted by molar-refractivity contribution is 0.249. The molecule has 1 aliphatic rings. The molecule has 1 aromatic heterocycles. The van der Waals surface area contributed by atoms with Gasteiger partial charge in [0.2, 0.25) is 0 Å². The van der Waals surface area contributed by atoms with E-state index in [-0.39, 0.29) is 6.03 Å². The lowest BCUT2D eigenvalue weighted by Gasteiger charge is -2.15. The summed E-state index contributed by atoms with van der Waals surface area (Å²) in [5, 5.41) is 6.81. The second-order valence-corrected chi connectivity index (χ2v) is 5.59. The zero-order valence-corrected chi connectivity index (χ0v) is 12.8. The number of anilines is 1. The van der Waals surface area contributed by atoms with Crippen molar-refractivity contribution in [1.29, 1.82) is 0 Å². The van der Waals surface area contributed by atoms with Gasteiger partial charge >= 0.3 is 6.03 Å². The number of nitrogens with zero attached hydrogens (tertiary/aromatic N) is 2. The number of benzene rings is 1.